The van der Waals surface area contributed by atoms with Crippen LogP contribution in [0, 0.1) is 105 Å². The second-order valence-corrected chi connectivity index (χ2v) is 31.1. The molecule has 0 bridgehead atoms. The number of rotatable bonds is 20. The molecule has 1 aromatic rings. The number of Topliss-reactive ketones (excluding diaryl/α,β-unsaturated/α-hetero) is 1. The lowest BCUT2D eigenvalue weighted by molar-refractivity contribution is -0.186. The topological polar surface area (TPSA) is 226 Å². The first-order valence-corrected chi connectivity index (χ1v) is 33.0. The first-order chi connectivity index (χ1) is 34.8. The van der Waals surface area contributed by atoms with Gasteiger partial charge in [0, 0.05) is 38.5 Å². The maximum Gasteiger partial charge on any atom is 0.266 e. The molecule has 9 rings (SSSR count). The van der Waals surface area contributed by atoms with Gasteiger partial charge in [-0.05, 0) is 233 Å². The Labute approximate surface area is 444 Å². The van der Waals surface area contributed by atoms with E-state index in [9.17, 15) is 36.6 Å². The molecule has 14 nitrogen and oxygen atoms in total. The molecule has 20 atom stereocenters. The zero-order valence-corrected chi connectivity index (χ0v) is 47.6. The number of nitrogens with zero attached hydrogens (tertiary/aromatic N) is 3. The van der Waals surface area contributed by atoms with Gasteiger partial charge in [-0.1, -0.05) is 53.2 Å². The van der Waals surface area contributed by atoms with E-state index in [2.05, 4.69) is 57.7 Å². The first-order valence-electron chi connectivity index (χ1n) is 29.7. The summed E-state index contributed by atoms with van der Waals surface area (Å²) in [7, 11) is -8.17. The lowest BCUT2D eigenvalue weighted by Gasteiger charge is -2.64. The van der Waals surface area contributed by atoms with Crippen molar-refractivity contribution in [3.63, 3.8) is 0 Å². The highest BCUT2D eigenvalue weighted by atomic mass is 32.2. The van der Waals surface area contributed by atoms with Gasteiger partial charge in [0.05, 0.1) is 29.4 Å². The number of hydrogen-bond donors (Lipinski definition) is 5. The van der Waals surface area contributed by atoms with Crippen molar-refractivity contribution < 1.29 is 45.7 Å². The quantitative estimate of drug-likeness (QED) is 0.0770. The summed E-state index contributed by atoms with van der Waals surface area (Å²) < 4.78 is 64.8. The molecule has 0 radical (unpaired) electrons. The highest BCUT2D eigenvalue weighted by molar-refractivity contribution is 7.86. The number of amides is 1. The van der Waals surface area contributed by atoms with E-state index >= 15 is 0 Å². The molecular weight excluding hydrogens is 977 g/mol. The standard InChI is InChI=1S/C58H96N4O10S2/c1-36(12-18-52(66)59-26-28-74(70,71)72)44-16-17-46-53-47(21-25-58(44,46)6)55(3)24-20-39(30-41(55)32-50(53)64)34-62-35-42(60-61-62)14-13-38-19-23-56(4)40(29-38)31-51(65)54-45-10-7-22-57(45,5)48(33-49(54)56)37(2)11-15-43(63)9-8-27-73(67,68)69/h35-41,44-51,53-54,64-65H,7-34H2,1-6H3,(H,59,66)(H,67,68,69)(H,70,71,72)/t36-,37-,38+,39-,40?,41?,44+,45-,46+,47+,48?,49-,50+,51-,53+,54-,55+,56-,57+,58-/m0/s1. The molecule has 8 saturated carbocycles. The molecule has 8 fully saturated rings. The first kappa shape index (κ1) is 56.7. The van der Waals surface area contributed by atoms with Crippen molar-refractivity contribution in [3.05, 3.63) is 11.9 Å². The number of aliphatic hydroxyl groups excluding tert-OH is 2. The highest BCUT2D eigenvalue weighted by Gasteiger charge is 2.65. The van der Waals surface area contributed by atoms with E-state index in [4.69, 9.17) is 19.4 Å². The fourth-order valence-corrected chi connectivity index (χ4v) is 21.1. The predicted molar refractivity (Wildman–Crippen MR) is 285 cm³/mol. The number of aromatic nitrogens is 3. The number of nitrogens with one attached hydrogen (secondary N) is 1. The Bertz CT molecular complexity index is 2380. The third-order valence-electron chi connectivity index (χ3n) is 24.1. The van der Waals surface area contributed by atoms with Crippen LogP contribution in [0.1, 0.15) is 195 Å². The number of fused-ring (bicyclic) bond motifs is 10. The van der Waals surface area contributed by atoms with Crippen LogP contribution in [0.25, 0.3) is 0 Å². The van der Waals surface area contributed by atoms with Gasteiger partial charge in [0.2, 0.25) is 5.91 Å². The van der Waals surface area contributed by atoms with Gasteiger partial charge < -0.3 is 15.5 Å². The summed E-state index contributed by atoms with van der Waals surface area (Å²) in [6, 6.07) is 0. The van der Waals surface area contributed by atoms with E-state index < -0.39 is 26.0 Å². The van der Waals surface area contributed by atoms with E-state index in [0.29, 0.717) is 95.7 Å². The van der Waals surface area contributed by atoms with Gasteiger partial charge in [-0.15, -0.1) is 5.10 Å². The molecule has 1 aromatic heterocycles. The number of aliphatic hydroxyl groups is 2. The normalized spacial score (nSPS) is 42.7. The largest absolute Gasteiger partial charge is 0.393 e. The fourth-order valence-electron chi connectivity index (χ4n) is 20.2. The van der Waals surface area contributed by atoms with Crippen molar-refractivity contribution in [2.45, 2.75) is 214 Å². The molecule has 3 unspecified atom stereocenters. The summed E-state index contributed by atoms with van der Waals surface area (Å²) >= 11 is 0. The molecule has 74 heavy (non-hydrogen) atoms. The highest BCUT2D eigenvalue weighted by Crippen LogP contribution is 2.71. The van der Waals surface area contributed by atoms with Crippen molar-refractivity contribution in [1.29, 1.82) is 0 Å². The monoisotopic (exact) mass is 1070 g/mol. The predicted octanol–water partition coefficient (Wildman–Crippen LogP) is 9.78. The van der Waals surface area contributed by atoms with E-state index in [-0.39, 0.29) is 70.7 Å². The maximum absolute atomic E-state index is 12.8. The second-order valence-electron chi connectivity index (χ2n) is 27.9. The molecule has 0 aromatic carbocycles. The Balaban J connectivity index is 0.750. The van der Waals surface area contributed by atoms with Gasteiger partial charge in [-0.25, -0.2) is 0 Å². The lowest BCUT2D eigenvalue weighted by Crippen LogP contribution is -2.60. The van der Waals surface area contributed by atoms with Crippen LogP contribution in [0.3, 0.4) is 0 Å². The zero-order chi connectivity index (χ0) is 53.2. The van der Waals surface area contributed by atoms with Crippen LogP contribution in [0.5, 0.6) is 0 Å². The van der Waals surface area contributed by atoms with Crippen molar-refractivity contribution in [1.82, 2.24) is 20.3 Å². The zero-order valence-electron chi connectivity index (χ0n) is 46.0. The Morgan fingerprint density at radius 2 is 1.26 bits per heavy atom. The molecule has 1 heterocycles. The third-order valence-corrected chi connectivity index (χ3v) is 25.7. The number of ketones is 1. The van der Waals surface area contributed by atoms with Crippen molar-refractivity contribution in [2.24, 2.45) is 105 Å². The number of hydrogen-bond acceptors (Lipinski definition) is 10. The van der Waals surface area contributed by atoms with Crippen LogP contribution in [0.4, 0.5) is 0 Å². The molecule has 0 aliphatic heterocycles. The molecule has 1 amide bonds. The number of aryl methyl sites for hydroxylation is 1. The third kappa shape index (κ3) is 11.5. The second kappa shape index (κ2) is 21.9. The van der Waals surface area contributed by atoms with Crippen molar-refractivity contribution in [2.75, 3.05) is 18.1 Å². The smallest absolute Gasteiger partial charge is 0.266 e. The molecule has 8 aliphatic carbocycles. The molecule has 8 aliphatic rings. The molecular formula is C58H96N4O10S2. The van der Waals surface area contributed by atoms with E-state index in [1.165, 1.54) is 51.4 Å². The molecule has 16 heteroatoms. The van der Waals surface area contributed by atoms with E-state index in [1.807, 2.05) is 0 Å². The minimum absolute atomic E-state index is 0.0789. The van der Waals surface area contributed by atoms with Gasteiger partial charge in [0.15, 0.2) is 0 Å². The van der Waals surface area contributed by atoms with Crippen LogP contribution < -0.4 is 5.32 Å². The van der Waals surface area contributed by atoms with Gasteiger partial charge in [-0.2, -0.15) is 16.8 Å². The van der Waals surface area contributed by atoms with Crippen molar-refractivity contribution in [3.8, 4) is 0 Å². The van der Waals surface area contributed by atoms with Crippen LogP contribution in [0.2, 0.25) is 0 Å². The SMILES string of the molecule is C[C@@H](CCC(=O)CCCS(=O)(=O)O)C1C[C@H]2[C@@H]([C@@H](O)CC3C[C@H](CCc4cn(C[C@H]5CC[C@]6(C)C(C5)C[C@@H](O)[C@@H]5[C@H]7CC[C@H]([C@@H](C)CCC(=O)NCCS(=O)(=O)O)[C@]7(C)CC[C@H]56)nn4)CC[C@@]32C)[C@@H]2CCC[C@@]12C. The van der Waals surface area contributed by atoms with Gasteiger partial charge in [0.1, 0.15) is 5.78 Å². The lowest BCUT2D eigenvalue weighted by atomic mass is 9.41. The molecule has 0 saturated heterocycles. The average Bonchev–Trinajstić information content (AvgIpc) is 4.05. The summed E-state index contributed by atoms with van der Waals surface area (Å²) in [5.41, 5.74) is 1.80. The Morgan fingerprint density at radius 1 is 0.676 bits per heavy atom. The average molecular weight is 1070 g/mol. The van der Waals surface area contributed by atoms with Crippen LogP contribution in [-0.2, 0) is 42.8 Å². The number of carbonyl (C=O) groups excluding carboxylic acids is 2. The summed E-state index contributed by atoms with van der Waals surface area (Å²) in [6.07, 6.45) is 24.5. The molecule has 420 valence electrons. The summed E-state index contributed by atoms with van der Waals surface area (Å²) in [5.74, 6) is 5.54. The Morgan fingerprint density at radius 3 is 1.96 bits per heavy atom. The minimum atomic E-state index is -4.11. The summed E-state index contributed by atoms with van der Waals surface area (Å²) in [6.45, 7) is 15.5. The fraction of sp³-hybridized carbons (Fsp3) is 0.931. The molecule has 5 N–H and O–H groups in total. The van der Waals surface area contributed by atoms with Gasteiger partial charge in [0.25, 0.3) is 20.2 Å². The van der Waals surface area contributed by atoms with Crippen LogP contribution in [0.15, 0.2) is 6.20 Å². The Kier molecular flexibility index (Phi) is 16.8. The van der Waals surface area contributed by atoms with E-state index in [1.54, 1.807) is 0 Å². The Hall–Kier alpha value is -1.98. The number of carbonyl (C=O) groups is 2. The van der Waals surface area contributed by atoms with Gasteiger partial charge >= 0.3 is 0 Å². The maximum atomic E-state index is 12.8. The van der Waals surface area contributed by atoms with Crippen molar-refractivity contribution >= 4 is 31.9 Å². The molecule has 0 spiro atoms. The summed E-state index contributed by atoms with van der Waals surface area (Å²) in [5, 5.41) is 36.3. The van der Waals surface area contributed by atoms with Crippen LogP contribution >= 0.6 is 0 Å². The summed E-state index contributed by atoms with van der Waals surface area (Å²) in [4.78, 5) is 25.4. The minimum Gasteiger partial charge on any atom is -0.393 e. The van der Waals surface area contributed by atoms with Crippen LogP contribution in [-0.4, -0.2) is 93.1 Å². The van der Waals surface area contributed by atoms with Gasteiger partial charge in [-0.3, -0.25) is 23.4 Å². The van der Waals surface area contributed by atoms with E-state index in [0.717, 1.165) is 89.3 Å².